The Bertz CT molecular complexity index is 1090. The molecule has 0 amide bonds. The summed E-state index contributed by atoms with van der Waals surface area (Å²) in [5, 5.41) is 5.15. The number of rotatable bonds is 7. The van der Waals surface area contributed by atoms with Gasteiger partial charge in [0.15, 0.2) is 5.11 Å². The first-order valence-corrected chi connectivity index (χ1v) is 11.3. The highest BCUT2D eigenvalue weighted by Gasteiger charge is 2.25. The molecule has 0 unspecified atom stereocenters. The molecule has 2 N–H and O–H groups in total. The zero-order valence-corrected chi connectivity index (χ0v) is 18.7. The van der Waals surface area contributed by atoms with Crippen molar-refractivity contribution in [2.24, 2.45) is 0 Å². The number of hydrogen-bond acceptors (Lipinski definition) is 3. The summed E-state index contributed by atoms with van der Waals surface area (Å²) in [4.78, 5) is 18.0. The Morgan fingerprint density at radius 3 is 2.68 bits per heavy atom. The van der Waals surface area contributed by atoms with Crippen LogP contribution in [0.25, 0.3) is 10.9 Å². The molecular weight excluding hydrogens is 406 g/mol. The summed E-state index contributed by atoms with van der Waals surface area (Å²) >= 11 is 5.78. The van der Waals surface area contributed by atoms with Gasteiger partial charge in [0.25, 0.3) is 5.56 Å². The van der Waals surface area contributed by atoms with Gasteiger partial charge in [0.1, 0.15) is 5.75 Å². The fourth-order valence-corrected chi connectivity index (χ4v) is 4.61. The number of nitrogens with one attached hydrogen (secondary N) is 2. The number of hydrogen-bond donors (Lipinski definition) is 2. The van der Waals surface area contributed by atoms with E-state index in [1.807, 2.05) is 30.3 Å². The van der Waals surface area contributed by atoms with Crippen LogP contribution >= 0.6 is 12.2 Å². The van der Waals surface area contributed by atoms with Crippen LogP contribution in [0.2, 0.25) is 0 Å². The predicted molar refractivity (Wildman–Crippen MR) is 130 cm³/mol. The van der Waals surface area contributed by atoms with Crippen molar-refractivity contribution < 1.29 is 4.74 Å². The maximum absolute atomic E-state index is 12.8. The molecule has 1 fully saturated rings. The van der Waals surface area contributed by atoms with E-state index in [0.717, 1.165) is 53.1 Å². The third-order valence-corrected chi connectivity index (χ3v) is 6.41. The fourth-order valence-electron chi connectivity index (χ4n) is 4.30. The van der Waals surface area contributed by atoms with Gasteiger partial charge in [-0.05, 0) is 60.6 Å². The first-order chi connectivity index (χ1) is 15.1. The molecule has 0 spiro atoms. The zero-order valence-electron chi connectivity index (χ0n) is 17.9. The van der Waals surface area contributed by atoms with E-state index in [0.29, 0.717) is 12.6 Å². The molecule has 1 heterocycles. The number of aromatic nitrogens is 1. The van der Waals surface area contributed by atoms with Crippen LogP contribution in [0.5, 0.6) is 5.75 Å². The molecule has 0 bridgehead atoms. The van der Waals surface area contributed by atoms with E-state index in [1.54, 1.807) is 7.11 Å². The van der Waals surface area contributed by atoms with Gasteiger partial charge in [-0.3, -0.25) is 4.79 Å². The minimum atomic E-state index is -0.0733. The van der Waals surface area contributed by atoms with Crippen molar-refractivity contribution in [2.45, 2.75) is 44.7 Å². The lowest BCUT2D eigenvalue weighted by molar-refractivity contribution is 0.302. The van der Waals surface area contributed by atoms with E-state index < -0.39 is 0 Å². The summed E-state index contributed by atoms with van der Waals surface area (Å²) in [7, 11) is 1.62. The Morgan fingerprint density at radius 2 is 1.94 bits per heavy atom. The second-order valence-corrected chi connectivity index (χ2v) is 8.50. The number of nitrogens with zero attached hydrogens (tertiary/aromatic N) is 1. The van der Waals surface area contributed by atoms with Gasteiger partial charge in [-0.15, -0.1) is 0 Å². The van der Waals surface area contributed by atoms with Crippen molar-refractivity contribution in [3.63, 3.8) is 0 Å². The summed E-state index contributed by atoms with van der Waals surface area (Å²) in [6.07, 6.45) is 5.56. The number of ether oxygens (including phenoxy) is 1. The molecule has 2 aromatic carbocycles. The minimum Gasteiger partial charge on any atom is -0.497 e. The number of benzene rings is 2. The molecule has 0 saturated heterocycles. The quantitative estimate of drug-likeness (QED) is 0.539. The Labute approximate surface area is 188 Å². The van der Waals surface area contributed by atoms with E-state index in [-0.39, 0.29) is 5.56 Å². The third-order valence-electron chi connectivity index (χ3n) is 6.03. The van der Waals surface area contributed by atoms with Crippen LogP contribution < -0.4 is 15.6 Å². The van der Waals surface area contributed by atoms with Gasteiger partial charge >= 0.3 is 0 Å². The molecule has 0 atom stereocenters. The third kappa shape index (κ3) is 5.25. The number of aromatic amines is 1. The van der Waals surface area contributed by atoms with Crippen molar-refractivity contribution >= 4 is 28.2 Å². The molecule has 162 valence electrons. The van der Waals surface area contributed by atoms with E-state index in [4.69, 9.17) is 17.0 Å². The summed E-state index contributed by atoms with van der Waals surface area (Å²) in [5.74, 6) is 0.729. The molecule has 1 aromatic heterocycles. The average molecular weight is 436 g/mol. The SMILES string of the molecule is COc1ccc2cc(CN(C(=S)NCCc3ccccc3)C3CCCC3)c(=O)[nH]c2c1. The lowest BCUT2D eigenvalue weighted by atomic mass is 10.1. The Hall–Kier alpha value is -2.86. The van der Waals surface area contributed by atoms with Crippen LogP contribution in [0, 0.1) is 0 Å². The molecule has 4 rings (SSSR count). The summed E-state index contributed by atoms with van der Waals surface area (Å²) < 4.78 is 5.27. The maximum atomic E-state index is 12.8. The summed E-state index contributed by atoms with van der Waals surface area (Å²) in [6.45, 7) is 1.29. The number of thiocarbonyl (C=S) groups is 1. The summed E-state index contributed by atoms with van der Waals surface area (Å²) in [5.41, 5.74) is 2.73. The van der Waals surface area contributed by atoms with Crippen LogP contribution in [-0.4, -0.2) is 34.7 Å². The van der Waals surface area contributed by atoms with E-state index in [2.05, 4.69) is 39.5 Å². The monoisotopic (exact) mass is 435 g/mol. The van der Waals surface area contributed by atoms with Crippen LogP contribution in [0.4, 0.5) is 0 Å². The number of H-pyrrole nitrogens is 1. The molecule has 0 aliphatic heterocycles. The molecule has 5 nitrogen and oxygen atoms in total. The van der Waals surface area contributed by atoms with Gasteiger partial charge in [0, 0.05) is 24.2 Å². The molecular formula is C25H29N3O2S. The van der Waals surface area contributed by atoms with Gasteiger partial charge in [-0.25, -0.2) is 0 Å². The minimum absolute atomic E-state index is 0.0733. The van der Waals surface area contributed by atoms with Crippen LogP contribution in [0.1, 0.15) is 36.8 Å². The Balaban J connectivity index is 1.50. The Morgan fingerprint density at radius 1 is 1.16 bits per heavy atom. The number of pyridine rings is 1. The largest absolute Gasteiger partial charge is 0.497 e. The van der Waals surface area contributed by atoms with Crippen LogP contribution in [-0.2, 0) is 13.0 Å². The molecule has 31 heavy (non-hydrogen) atoms. The van der Waals surface area contributed by atoms with E-state index >= 15 is 0 Å². The predicted octanol–water partition coefficient (Wildman–Crippen LogP) is 4.40. The van der Waals surface area contributed by atoms with Crippen LogP contribution in [0.3, 0.4) is 0 Å². The van der Waals surface area contributed by atoms with Crippen LogP contribution in [0.15, 0.2) is 59.4 Å². The number of methoxy groups -OCH3 is 1. The fraction of sp³-hybridized carbons (Fsp3) is 0.360. The Kier molecular flexibility index (Phi) is 6.87. The molecule has 0 radical (unpaired) electrons. The topological polar surface area (TPSA) is 57.4 Å². The maximum Gasteiger partial charge on any atom is 0.253 e. The highest BCUT2D eigenvalue weighted by atomic mass is 32.1. The van der Waals surface area contributed by atoms with Gasteiger partial charge in [0.05, 0.1) is 19.2 Å². The van der Waals surface area contributed by atoms with Crippen molar-refractivity contribution in [3.8, 4) is 5.75 Å². The molecule has 1 aliphatic rings. The first-order valence-electron chi connectivity index (χ1n) is 10.9. The smallest absolute Gasteiger partial charge is 0.253 e. The lowest BCUT2D eigenvalue weighted by Crippen LogP contribution is -2.45. The normalized spacial score (nSPS) is 14.0. The highest BCUT2D eigenvalue weighted by molar-refractivity contribution is 7.80. The molecule has 1 saturated carbocycles. The summed E-state index contributed by atoms with van der Waals surface area (Å²) in [6, 6.07) is 18.5. The molecule has 6 heteroatoms. The van der Waals surface area contributed by atoms with Crippen molar-refractivity contribution in [1.29, 1.82) is 0 Å². The second kappa shape index (κ2) is 9.96. The zero-order chi connectivity index (χ0) is 21.6. The van der Waals surface area contributed by atoms with Gasteiger partial charge < -0.3 is 19.9 Å². The van der Waals surface area contributed by atoms with Crippen molar-refractivity contribution in [3.05, 3.63) is 76.1 Å². The highest BCUT2D eigenvalue weighted by Crippen LogP contribution is 2.25. The standard InChI is InChI=1S/C25H29N3O2S/c1-30-22-12-11-19-15-20(24(29)27-23(19)16-22)17-28(21-9-5-6-10-21)25(31)26-14-13-18-7-3-2-4-8-18/h2-4,7-8,11-12,15-16,21H,5-6,9-10,13-14,17H2,1H3,(H,26,31)(H,27,29). The average Bonchev–Trinajstić information content (AvgIpc) is 3.32. The number of fused-ring (bicyclic) bond motifs is 1. The second-order valence-electron chi connectivity index (χ2n) is 8.11. The van der Waals surface area contributed by atoms with E-state index in [9.17, 15) is 4.79 Å². The van der Waals surface area contributed by atoms with Gasteiger partial charge in [-0.2, -0.15) is 0 Å². The van der Waals surface area contributed by atoms with Crippen molar-refractivity contribution in [2.75, 3.05) is 13.7 Å². The van der Waals surface area contributed by atoms with Gasteiger partial charge in [0.2, 0.25) is 0 Å². The van der Waals surface area contributed by atoms with Gasteiger partial charge in [-0.1, -0.05) is 43.2 Å². The van der Waals surface area contributed by atoms with Crippen molar-refractivity contribution in [1.82, 2.24) is 15.2 Å². The lowest BCUT2D eigenvalue weighted by Gasteiger charge is -2.31. The molecule has 1 aliphatic carbocycles. The first kappa shape index (κ1) is 21.4. The molecule has 3 aromatic rings. The van der Waals surface area contributed by atoms with E-state index in [1.165, 1.54) is 18.4 Å².